The molecule has 3 aromatic rings. The van der Waals surface area contributed by atoms with Crippen LogP contribution in [-0.4, -0.2) is 19.7 Å². The molecule has 0 radical (unpaired) electrons. The Morgan fingerprint density at radius 2 is 1.72 bits per heavy atom. The summed E-state index contributed by atoms with van der Waals surface area (Å²) in [7, 11) is 0. The predicted octanol–water partition coefficient (Wildman–Crippen LogP) is 1.91. The molecule has 0 aliphatic rings. The van der Waals surface area contributed by atoms with Crippen LogP contribution in [-0.2, 0) is 0 Å². The van der Waals surface area contributed by atoms with Crippen LogP contribution in [0.1, 0.15) is 0 Å². The zero-order valence-corrected chi connectivity index (χ0v) is 9.56. The first kappa shape index (κ1) is 10.5. The molecule has 5 heteroatoms. The highest BCUT2D eigenvalue weighted by molar-refractivity contribution is 5.62. The van der Waals surface area contributed by atoms with Crippen LogP contribution in [0.25, 0.3) is 16.9 Å². The summed E-state index contributed by atoms with van der Waals surface area (Å²) in [5.74, 6) is 1.30. The molecular formula is C13H11N5. The van der Waals surface area contributed by atoms with Gasteiger partial charge in [-0.2, -0.15) is 5.10 Å². The van der Waals surface area contributed by atoms with Gasteiger partial charge in [0.2, 0.25) is 0 Å². The highest BCUT2D eigenvalue weighted by atomic mass is 15.3. The third kappa shape index (κ3) is 1.93. The molecule has 0 atom stereocenters. The Balaban J connectivity index is 1.94. The van der Waals surface area contributed by atoms with E-state index in [9.17, 15) is 0 Å². The van der Waals surface area contributed by atoms with E-state index < -0.39 is 0 Å². The van der Waals surface area contributed by atoms with Crippen molar-refractivity contribution in [2.45, 2.75) is 0 Å². The maximum Gasteiger partial charge on any atom is 0.153 e. The monoisotopic (exact) mass is 237 g/mol. The van der Waals surface area contributed by atoms with Gasteiger partial charge in [-0.3, -0.25) is 0 Å². The normalized spacial score (nSPS) is 10.4. The van der Waals surface area contributed by atoms with Gasteiger partial charge in [-0.15, -0.1) is 0 Å². The van der Waals surface area contributed by atoms with Crippen molar-refractivity contribution < 1.29 is 0 Å². The van der Waals surface area contributed by atoms with Crippen molar-refractivity contribution in [2.75, 3.05) is 5.73 Å². The Morgan fingerprint density at radius 3 is 2.28 bits per heavy atom. The predicted molar refractivity (Wildman–Crippen MR) is 69.0 cm³/mol. The first-order valence-corrected chi connectivity index (χ1v) is 5.51. The second-order valence-corrected chi connectivity index (χ2v) is 3.83. The molecule has 0 spiro atoms. The summed E-state index contributed by atoms with van der Waals surface area (Å²) < 4.78 is 1.71. The largest absolute Gasteiger partial charge is 0.384 e. The van der Waals surface area contributed by atoms with E-state index in [1.54, 1.807) is 29.3 Å². The fourth-order valence-corrected chi connectivity index (χ4v) is 1.67. The van der Waals surface area contributed by atoms with E-state index in [-0.39, 0.29) is 0 Å². The first-order valence-electron chi connectivity index (χ1n) is 5.51. The van der Waals surface area contributed by atoms with Gasteiger partial charge >= 0.3 is 0 Å². The second-order valence-electron chi connectivity index (χ2n) is 3.83. The van der Waals surface area contributed by atoms with Gasteiger partial charge < -0.3 is 5.73 Å². The van der Waals surface area contributed by atoms with Crippen molar-refractivity contribution in [2.24, 2.45) is 0 Å². The number of nitrogens with zero attached hydrogens (tertiary/aromatic N) is 4. The lowest BCUT2D eigenvalue weighted by molar-refractivity contribution is 0.847. The van der Waals surface area contributed by atoms with Gasteiger partial charge in [0.15, 0.2) is 5.82 Å². The van der Waals surface area contributed by atoms with E-state index in [0.29, 0.717) is 5.82 Å². The third-order valence-electron chi connectivity index (χ3n) is 2.61. The molecule has 3 rings (SSSR count). The molecule has 88 valence electrons. The number of anilines is 1. The van der Waals surface area contributed by atoms with Crippen LogP contribution in [0, 0.1) is 0 Å². The summed E-state index contributed by atoms with van der Waals surface area (Å²) in [4.78, 5) is 8.42. The number of nitrogen functional groups attached to an aromatic ring is 1. The summed E-state index contributed by atoms with van der Waals surface area (Å²) in [5, 5.41) is 4.13. The molecule has 0 aromatic carbocycles. The van der Waals surface area contributed by atoms with Crippen LogP contribution in [0.3, 0.4) is 0 Å². The van der Waals surface area contributed by atoms with Crippen LogP contribution in [0.5, 0.6) is 0 Å². The van der Waals surface area contributed by atoms with Crippen LogP contribution in [0.2, 0.25) is 0 Å². The molecule has 2 N–H and O–H groups in total. The summed E-state index contributed by atoms with van der Waals surface area (Å²) in [6.45, 7) is 0. The lowest BCUT2D eigenvalue weighted by Crippen LogP contribution is -1.97. The van der Waals surface area contributed by atoms with Crippen LogP contribution in [0.15, 0.2) is 55.1 Å². The van der Waals surface area contributed by atoms with Crippen LogP contribution < -0.4 is 5.73 Å². The van der Waals surface area contributed by atoms with Crippen molar-refractivity contribution >= 4 is 5.82 Å². The van der Waals surface area contributed by atoms with E-state index in [1.165, 1.54) is 0 Å². The zero-order valence-electron chi connectivity index (χ0n) is 9.56. The maximum atomic E-state index is 5.55. The minimum absolute atomic E-state index is 0.514. The highest BCUT2D eigenvalue weighted by Crippen LogP contribution is 2.18. The molecule has 0 saturated heterocycles. The number of aromatic nitrogens is 4. The van der Waals surface area contributed by atoms with Crippen molar-refractivity contribution in [3.05, 3.63) is 55.1 Å². The maximum absolute atomic E-state index is 5.55. The SMILES string of the molecule is Nc1ccc(-c2ccc(-n3cccn3)nc2)cn1. The van der Waals surface area contributed by atoms with Gasteiger partial charge in [0, 0.05) is 35.9 Å². The van der Waals surface area contributed by atoms with Gasteiger partial charge in [0.1, 0.15) is 5.82 Å². The lowest BCUT2D eigenvalue weighted by Gasteiger charge is -2.03. The molecule has 5 nitrogen and oxygen atoms in total. The lowest BCUT2D eigenvalue weighted by atomic mass is 10.1. The van der Waals surface area contributed by atoms with E-state index in [4.69, 9.17) is 5.73 Å². The number of nitrogens with two attached hydrogens (primary N) is 1. The van der Waals surface area contributed by atoms with Gasteiger partial charge in [0.25, 0.3) is 0 Å². The Kier molecular flexibility index (Phi) is 2.49. The van der Waals surface area contributed by atoms with Gasteiger partial charge in [-0.1, -0.05) is 0 Å². The number of rotatable bonds is 2. The van der Waals surface area contributed by atoms with E-state index in [2.05, 4.69) is 15.1 Å². The molecule has 0 aliphatic heterocycles. The summed E-state index contributed by atoms with van der Waals surface area (Å²) in [5.41, 5.74) is 7.54. The van der Waals surface area contributed by atoms with Gasteiger partial charge in [0.05, 0.1) is 0 Å². The molecule has 3 aromatic heterocycles. The fraction of sp³-hybridized carbons (Fsp3) is 0. The van der Waals surface area contributed by atoms with Gasteiger partial charge in [-0.05, 0) is 30.3 Å². The second kappa shape index (κ2) is 4.29. The molecular weight excluding hydrogens is 226 g/mol. The Morgan fingerprint density at radius 1 is 0.944 bits per heavy atom. The summed E-state index contributed by atoms with van der Waals surface area (Å²) in [6.07, 6.45) is 7.11. The highest BCUT2D eigenvalue weighted by Gasteiger charge is 2.01. The van der Waals surface area contributed by atoms with Crippen LogP contribution >= 0.6 is 0 Å². The van der Waals surface area contributed by atoms with E-state index in [1.807, 2.05) is 30.5 Å². The number of pyridine rings is 2. The summed E-state index contributed by atoms with van der Waals surface area (Å²) in [6, 6.07) is 9.46. The average Bonchev–Trinajstić information content (AvgIpc) is 2.94. The topological polar surface area (TPSA) is 69.6 Å². The third-order valence-corrected chi connectivity index (χ3v) is 2.61. The minimum Gasteiger partial charge on any atom is -0.384 e. The number of hydrogen-bond donors (Lipinski definition) is 1. The fourth-order valence-electron chi connectivity index (χ4n) is 1.67. The van der Waals surface area contributed by atoms with Crippen LogP contribution in [0.4, 0.5) is 5.82 Å². The summed E-state index contributed by atoms with van der Waals surface area (Å²) >= 11 is 0. The molecule has 0 fully saturated rings. The van der Waals surface area contributed by atoms with Crippen molar-refractivity contribution in [1.82, 2.24) is 19.7 Å². The van der Waals surface area contributed by atoms with Crippen molar-refractivity contribution in [3.63, 3.8) is 0 Å². The Labute approximate surface area is 104 Å². The standard InChI is InChI=1S/C13H11N5/c14-12-4-2-10(8-15-12)11-3-5-13(16-9-11)18-7-1-6-17-18/h1-9H,(H2,14,15). The molecule has 0 saturated carbocycles. The average molecular weight is 237 g/mol. The van der Waals surface area contributed by atoms with Gasteiger partial charge in [-0.25, -0.2) is 14.6 Å². The molecule has 18 heavy (non-hydrogen) atoms. The smallest absolute Gasteiger partial charge is 0.153 e. The molecule has 0 amide bonds. The minimum atomic E-state index is 0.514. The molecule has 0 aliphatic carbocycles. The molecule has 3 heterocycles. The Bertz CT molecular complexity index is 626. The Hall–Kier alpha value is -2.69. The van der Waals surface area contributed by atoms with Crippen molar-refractivity contribution in [1.29, 1.82) is 0 Å². The first-order chi connectivity index (χ1) is 8.83. The van der Waals surface area contributed by atoms with E-state index in [0.717, 1.165) is 16.9 Å². The number of hydrogen-bond acceptors (Lipinski definition) is 4. The molecule has 0 unspecified atom stereocenters. The molecule has 0 bridgehead atoms. The van der Waals surface area contributed by atoms with E-state index >= 15 is 0 Å². The quantitative estimate of drug-likeness (QED) is 0.739. The van der Waals surface area contributed by atoms with Crippen molar-refractivity contribution in [3.8, 4) is 16.9 Å². The zero-order chi connectivity index (χ0) is 12.4.